The van der Waals surface area contributed by atoms with Gasteiger partial charge in [0.25, 0.3) is 0 Å². The van der Waals surface area contributed by atoms with Crippen molar-refractivity contribution < 1.29 is 9.53 Å². The first kappa shape index (κ1) is 18.4. The number of anilines is 2. The largest absolute Gasteiger partial charge is 0.381 e. The molecular weight excluding hydrogens is 354 g/mol. The van der Waals surface area contributed by atoms with Gasteiger partial charge in [0.1, 0.15) is 0 Å². The van der Waals surface area contributed by atoms with E-state index in [0.717, 1.165) is 55.8 Å². The third kappa shape index (κ3) is 4.31. The fourth-order valence-electron chi connectivity index (χ4n) is 3.61. The summed E-state index contributed by atoms with van der Waals surface area (Å²) in [5.41, 5.74) is 3.96. The van der Waals surface area contributed by atoms with E-state index in [1.54, 1.807) is 11.9 Å². The van der Waals surface area contributed by atoms with Crippen molar-refractivity contribution >= 4 is 23.7 Å². The molecule has 0 atom stereocenters. The Morgan fingerprint density at radius 3 is 2.89 bits per heavy atom. The molecule has 0 radical (unpaired) electrons. The highest BCUT2D eigenvalue weighted by molar-refractivity contribution is 5.57. The average molecular weight is 379 g/mol. The molecule has 1 aliphatic rings. The fourth-order valence-corrected chi connectivity index (χ4v) is 3.61. The summed E-state index contributed by atoms with van der Waals surface area (Å²) in [7, 11) is 1.76. The molecule has 7 heteroatoms. The van der Waals surface area contributed by atoms with Gasteiger partial charge in [0.05, 0.1) is 0 Å². The van der Waals surface area contributed by atoms with E-state index < -0.39 is 0 Å². The minimum Gasteiger partial charge on any atom is -0.381 e. The number of benzene rings is 1. The first-order valence-electron chi connectivity index (χ1n) is 9.65. The number of amides is 1. The Morgan fingerprint density at radius 1 is 1.25 bits per heavy atom. The van der Waals surface area contributed by atoms with Crippen molar-refractivity contribution in [2.24, 2.45) is 5.92 Å². The highest BCUT2D eigenvalue weighted by atomic mass is 16.5. The summed E-state index contributed by atoms with van der Waals surface area (Å²) < 4.78 is 7.40. The van der Waals surface area contributed by atoms with Crippen LogP contribution in [0.1, 0.15) is 24.1 Å². The molecule has 4 rings (SSSR count). The molecule has 7 nitrogen and oxygen atoms in total. The van der Waals surface area contributed by atoms with Crippen LogP contribution in [0.3, 0.4) is 0 Å². The molecule has 3 aromatic rings. The Morgan fingerprint density at radius 2 is 2.07 bits per heavy atom. The molecule has 1 N–H and O–H groups in total. The molecule has 28 heavy (non-hydrogen) atoms. The number of aromatic nitrogens is 3. The topological polar surface area (TPSA) is 71.8 Å². The van der Waals surface area contributed by atoms with Crippen LogP contribution in [0.4, 0.5) is 11.6 Å². The number of nitrogens with one attached hydrogen (secondary N) is 1. The normalized spacial score (nSPS) is 14.9. The van der Waals surface area contributed by atoms with Gasteiger partial charge in [-0.25, -0.2) is 4.52 Å². The van der Waals surface area contributed by atoms with Gasteiger partial charge in [-0.1, -0.05) is 18.2 Å². The standard InChI is InChI=1S/C21H25N5O2/c1-25(15-27)14-17-4-2-5-18(12-17)22-21-23-20-7-3-6-19(26(20)24-21)13-16-8-10-28-11-9-16/h2-7,12,15-16H,8-11,13-14H2,1H3,(H,22,24). The van der Waals surface area contributed by atoms with Crippen molar-refractivity contribution in [2.45, 2.75) is 25.8 Å². The predicted molar refractivity (Wildman–Crippen MR) is 107 cm³/mol. The maximum absolute atomic E-state index is 10.8. The number of carbonyl (C=O) groups is 1. The summed E-state index contributed by atoms with van der Waals surface area (Å²) in [5, 5.41) is 7.96. The monoisotopic (exact) mass is 379 g/mol. The zero-order valence-corrected chi connectivity index (χ0v) is 16.0. The van der Waals surface area contributed by atoms with Crippen LogP contribution >= 0.6 is 0 Å². The Hall–Kier alpha value is -2.93. The van der Waals surface area contributed by atoms with Crippen molar-refractivity contribution in [3.8, 4) is 0 Å². The second-order valence-electron chi connectivity index (χ2n) is 7.33. The van der Waals surface area contributed by atoms with E-state index in [0.29, 0.717) is 18.4 Å². The van der Waals surface area contributed by atoms with Crippen LogP contribution in [0, 0.1) is 5.92 Å². The number of pyridine rings is 1. The van der Waals surface area contributed by atoms with Crippen LogP contribution in [0.5, 0.6) is 0 Å². The number of hydrogen-bond acceptors (Lipinski definition) is 5. The lowest BCUT2D eigenvalue weighted by Gasteiger charge is -2.21. The number of fused-ring (bicyclic) bond motifs is 1. The van der Waals surface area contributed by atoms with Gasteiger partial charge in [0, 0.05) is 38.2 Å². The lowest BCUT2D eigenvalue weighted by molar-refractivity contribution is -0.117. The molecule has 1 aromatic carbocycles. The van der Waals surface area contributed by atoms with Crippen LogP contribution in [0.2, 0.25) is 0 Å². The lowest BCUT2D eigenvalue weighted by atomic mass is 9.95. The van der Waals surface area contributed by atoms with Crippen LogP contribution in [-0.4, -0.2) is 46.2 Å². The highest BCUT2D eigenvalue weighted by Gasteiger charge is 2.17. The third-order valence-corrected chi connectivity index (χ3v) is 5.07. The molecule has 3 heterocycles. The van der Waals surface area contributed by atoms with Crippen molar-refractivity contribution in [1.82, 2.24) is 19.5 Å². The van der Waals surface area contributed by atoms with E-state index in [-0.39, 0.29) is 0 Å². The molecule has 0 aliphatic carbocycles. The van der Waals surface area contributed by atoms with Gasteiger partial charge in [-0.3, -0.25) is 4.79 Å². The van der Waals surface area contributed by atoms with Crippen LogP contribution in [0.25, 0.3) is 5.65 Å². The summed E-state index contributed by atoms with van der Waals surface area (Å²) in [6.45, 7) is 2.26. The predicted octanol–water partition coefficient (Wildman–Crippen LogP) is 3.03. The van der Waals surface area contributed by atoms with E-state index in [1.807, 2.05) is 40.9 Å². The zero-order chi connectivity index (χ0) is 19.3. The molecule has 0 unspecified atom stereocenters. The van der Waals surface area contributed by atoms with E-state index >= 15 is 0 Å². The number of rotatable bonds is 7. The van der Waals surface area contributed by atoms with Crippen molar-refractivity contribution in [1.29, 1.82) is 0 Å². The summed E-state index contributed by atoms with van der Waals surface area (Å²) in [5.74, 6) is 1.20. The second kappa shape index (κ2) is 8.39. The van der Waals surface area contributed by atoms with Gasteiger partial charge in [-0.2, -0.15) is 4.98 Å². The molecule has 1 aliphatic heterocycles. The molecule has 1 fully saturated rings. The summed E-state index contributed by atoms with van der Waals surface area (Å²) in [6, 6.07) is 14.1. The SMILES string of the molecule is CN(C=O)Cc1cccc(Nc2nc3cccc(CC4CCOCC4)n3n2)c1. The van der Waals surface area contributed by atoms with Gasteiger partial charge in [-0.05, 0) is 55.0 Å². The molecule has 0 saturated carbocycles. The quantitative estimate of drug-likeness (QED) is 0.639. The molecule has 1 saturated heterocycles. The van der Waals surface area contributed by atoms with E-state index in [4.69, 9.17) is 4.74 Å². The maximum Gasteiger partial charge on any atom is 0.247 e. The average Bonchev–Trinajstić information content (AvgIpc) is 3.12. The van der Waals surface area contributed by atoms with Crippen molar-refractivity contribution in [3.05, 3.63) is 53.7 Å². The number of ether oxygens (including phenoxy) is 1. The molecule has 1 amide bonds. The second-order valence-corrected chi connectivity index (χ2v) is 7.33. The smallest absolute Gasteiger partial charge is 0.247 e. The number of hydrogen-bond donors (Lipinski definition) is 1. The van der Waals surface area contributed by atoms with Gasteiger partial charge in [0.15, 0.2) is 5.65 Å². The highest BCUT2D eigenvalue weighted by Crippen LogP contribution is 2.22. The zero-order valence-electron chi connectivity index (χ0n) is 16.0. The lowest BCUT2D eigenvalue weighted by Crippen LogP contribution is -2.18. The maximum atomic E-state index is 10.8. The Labute approximate surface area is 164 Å². The van der Waals surface area contributed by atoms with Crippen LogP contribution < -0.4 is 5.32 Å². The van der Waals surface area contributed by atoms with Crippen molar-refractivity contribution in [3.63, 3.8) is 0 Å². The van der Waals surface area contributed by atoms with E-state index in [9.17, 15) is 4.79 Å². The van der Waals surface area contributed by atoms with Gasteiger partial charge in [-0.15, -0.1) is 5.10 Å². The fraction of sp³-hybridized carbons (Fsp3) is 0.381. The Balaban J connectivity index is 1.52. The minimum absolute atomic E-state index is 0.562. The van der Waals surface area contributed by atoms with Crippen molar-refractivity contribution in [2.75, 3.05) is 25.6 Å². The van der Waals surface area contributed by atoms with Gasteiger partial charge >= 0.3 is 0 Å². The van der Waals surface area contributed by atoms with Gasteiger partial charge < -0.3 is 15.0 Å². The van der Waals surface area contributed by atoms with Gasteiger partial charge in [0.2, 0.25) is 12.4 Å². The molecule has 0 spiro atoms. The van der Waals surface area contributed by atoms with E-state index in [1.165, 1.54) is 5.69 Å². The molecular formula is C21H25N5O2. The van der Waals surface area contributed by atoms with E-state index in [2.05, 4.69) is 21.5 Å². The van der Waals surface area contributed by atoms with Crippen LogP contribution in [0.15, 0.2) is 42.5 Å². The first-order valence-corrected chi connectivity index (χ1v) is 9.65. The molecule has 2 aromatic heterocycles. The Kier molecular flexibility index (Phi) is 5.53. The first-order chi connectivity index (χ1) is 13.7. The molecule has 146 valence electrons. The summed E-state index contributed by atoms with van der Waals surface area (Å²) in [4.78, 5) is 17.1. The third-order valence-electron chi connectivity index (χ3n) is 5.07. The Bertz CT molecular complexity index is 949. The number of nitrogens with zero attached hydrogens (tertiary/aromatic N) is 4. The summed E-state index contributed by atoms with van der Waals surface area (Å²) in [6.07, 6.45) is 4.00. The molecule has 0 bridgehead atoms. The minimum atomic E-state index is 0.562. The number of carbonyl (C=O) groups excluding carboxylic acids is 1. The van der Waals surface area contributed by atoms with Crippen LogP contribution in [-0.2, 0) is 22.5 Å². The summed E-state index contributed by atoms with van der Waals surface area (Å²) >= 11 is 0.